The SMILES string of the molecule is Cc1ccc(Cn2c(=O)c(N3CCC[C@@H](C(=O)NCc4cccc(F)c4)C3)nc3ccccc32)cc1. The van der Waals surface area contributed by atoms with Gasteiger partial charge in [-0.1, -0.05) is 54.1 Å². The lowest BCUT2D eigenvalue weighted by molar-refractivity contribution is -0.125. The number of nitrogens with zero attached hydrogens (tertiary/aromatic N) is 3. The second kappa shape index (κ2) is 10.3. The van der Waals surface area contributed by atoms with Gasteiger partial charge in [0.25, 0.3) is 5.56 Å². The van der Waals surface area contributed by atoms with E-state index in [1.165, 1.54) is 17.7 Å². The molecule has 36 heavy (non-hydrogen) atoms. The molecule has 1 N–H and O–H groups in total. The maximum absolute atomic E-state index is 13.7. The van der Waals surface area contributed by atoms with Crippen molar-refractivity contribution in [1.82, 2.24) is 14.9 Å². The Bertz CT molecular complexity index is 1450. The smallest absolute Gasteiger partial charge is 0.294 e. The molecular formula is C29H29FN4O2. The Hall–Kier alpha value is -4.00. The number of aryl methyl sites for hydroxylation is 1. The summed E-state index contributed by atoms with van der Waals surface area (Å²) in [5.74, 6) is -0.311. The highest BCUT2D eigenvalue weighted by molar-refractivity contribution is 5.80. The molecule has 1 aliphatic rings. The van der Waals surface area contributed by atoms with Crippen molar-refractivity contribution in [2.24, 2.45) is 5.92 Å². The van der Waals surface area contributed by atoms with Crippen LogP contribution in [0.5, 0.6) is 0 Å². The number of para-hydroxylation sites is 2. The molecule has 1 aromatic heterocycles. The minimum absolute atomic E-state index is 0.0928. The molecule has 0 radical (unpaired) electrons. The highest BCUT2D eigenvalue weighted by atomic mass is 19.1. The minimum atomic E-state index is -0.324. The van der Waals surface area contributed by atoms with Gasteiger partial charge in [0.2, 0.25) is 5.91 Å². The lowest BCUT2D eigenvalue weighted by atomic mass is 9.97. The maximum Gasteiger partial charge on any atom is 0.294 e. The van der Waals surface area contributed by atoms with Crippen LogP contribution >= 0.6 is 0 Å². The number of aromatic nitrogens is 2. The van der Waals surface area contributed by atoms with Crippen LogP contribution in [0.25, 0.3) is 11.0 Å². The van der Waals surface area contributed by atoms with E-state index in [2.05, 4.69) is 5.32 Å². The molecule has 2 heterocycles. The summed E-state index contributed by atoms with van der Waals surface area (Å²) in [5, 5.41) is 2.92. The van der Waals surface area contributed by atoms with Crippen molar-refractivity contribution in [3.8, 4) is 0 Å². The van der Waals surface area contributed by atoms with Crippen molar-refractivity contribution < 1.29 is 9.18 Å². The summed E-state index contributed by atoms with van der Waals surface area (Å²) in [6.07, 6.45) is 1.51. The molecule has 0 saturated carbocycles. The summed E-state index contributed by atoms with van der Waals surface area (Å²) in [6.45, 7) is 3.83. The normalized spacial score (nSPS) is 15.7. The first-order chi connectivity index (χ1) is 17.5. The Balaban J connectivity index is 1.39. The monoisotopic (exact) mass is 484 g/mol. The molecule has 0 spiro atoms. The zero-order chi connectivity index (χ0) is 25.1. The summed E-state index contributed by atoms with van der Waals surface area (Å²) < 4.78 is 15.2. The Kier molecular flexibility index (Phi) is 6.80. The maximum atomic E-state index is 13.7. The molecule has 0 aliphatic carbocycles. The Morgan fingerprint density at radius 1 is 1.06 bits per heavy atom. The van der Waals surface area contributed by atoms with E-state index in [9.17, 15) is 14.0 Å². The summed E-state index contributed by atoms with van der Waals surface area (Å²) >= 11 is 0. The van der Waals surface area contributed by atoms with Gasteiger partial charge in [0.1, 0.15) is 5.82 Å². The largest absolute Gasteiger partial charge is 0.352 e. The van der Waals surface area contributed by atoms with Gasteiger partial charge in [0.05, 0.1) is 23.5 Å². The molecule has 1 amide bonds. The molecule has 1 atom stereocenters. The number of hydrogen-bond donors (Lipinski definition) is 1. The van der Waals surface area contributed by atoms with Crippen molar-refractivity contribution in [3.05, 3.63) is 106 Å². The summed E-state index contributed by atoms with van der Waals surface area (Å²) in [7, 11) is 0. The molecule has 6 nitrogen and oxygen atoms in total. The van der Waals surface area contributed by atoms with Gasteiger partial charge in [-0.15, -0.1) is 0 Å². The third-order valence-electron chi connectivity index (χ3n) is 6.74. The van der Waals surface area contributed by atoms with Crippen LogP contribution in [0.1, 0.15) is 29.5 Å². The third-order valence-corrected chi connectivity index (χ3v) is 6.74. The van der Waals surface area contributed by atoms with Gasteiger partial charge in [0, 0.05) is 19.6 Å². The van der Waals surface area contributed by atoms with Crippen molar-refractivity contribution in [2.75, 3.05) is 18.0 Å². The molecule has 3 aromatic carbocycles. The van der Waals surface area contributed by atoms with Crippen LogP contribution < -0.4 is 15.8 Å². The molecule has 4 aromatic rings. The standard InChI is InChI=1S/C29H29FN4O2/c1-20-11-13-21(14-12-20)18-34-26-10-3-2-9-25(26)32-27(29(34)36)33-15-5-7-23(19-33)28(35)31-17-22-6-4-8-24(30)16-22/h2-4,6,8-14,16,23H,5,7,15,17-19H2,1H3,(H,31,35)/t23-/m1/s1. The zero-order valence-electron chi connectivity index (χ0n) is 20.3. The van der Waals surface area contributed by atoms with E-state index in [-0.39, 0.29) is 29.7 Å². The molecule has 1 aliphatic heterocycles. The molecule has 1 fully saturated rings. The van der Waals surface area contributed by atoms with Crippen LogP contribution in [0.15, 0.2) is 77.6 Å². The number of rotatable bonds is 6. The number of piperidine rings is 1. The van der Waals surface area contributed by atoms with E-state index in [1.807, 2.05) is 60.4 Å². The summed E-state index contributed by atoms with van der Waals surface area (Å²) in [5.41, 5.74) is 4.30. The molecule has 7 heteroatoms. The number of carbonyl (C=O) groups excluding carboxylic acids is 1. The number of nitrogens with one attached hydrogen (secondary N) is 1. The number of anilines is 1. The quantitative estimate of drug-likeness (QED) is 0.440. The topological polar surface area (TPSA) is 67.2 Å². The second-order valence-electron chi connectivity index (χ2n) is 9.43. The highest BCUT2D eigenvalue weighted by Gasteiger charge is 2.28. The highest BCUT2D eigenvalue weighted by Crippen LogP contribution is 2.22. The van der Waals surface area contributed by atoms with Crippen LogP contribution in [-0.2, 0) is 17.9 Å². The van der Waals surface area contributed by atoms with Crippen molar-refractivity contribution in [1.29, 1.82) is 0 Å². The van der Waals surface area contributed by atoms with E-state index in [4.69, 9.17) is 4.98 Å². The van der Waals surface area contributed by atoms with Gasteiger partial charge >= 0.3 is 0 Å². The summed E-state index contributed by atoms with van der Waals surface area (Å²) in [6, 6.07) is 22.0. The van der Waals surface area contributed by atoms with Crippen molar-refractivity contribution in [3.63, 3.8) is 0 Å². The molecule has 0 unspecified atom stereocenters. The fourth-order valence-electron chi connectivity index (χ4n) is 4.78. The van der Waals surface area contributed by atoms with Gasteiger partial charge in [-0.2, -0.15) is 0 Å². The number of halogens is 1. The van der Waals surface area contributed by atoms with E-state index in [1.54, 1.807) is 16.7 Å². The number of carbonyl (C=O) groups is 1. The predicted molar refractivity (Wildman–Crippen MR) is 139 cm³/mol. The second-order valence-corrected chi connectivity index (χ2v) is 9.43. The number of hydrogen-bond acceptors (Lipinski definition) is 4. The fourth-order valence-corrected chi connectivity index (χ4v) is 4.78. The van der Waals surface area contributed by atoms with Crippen LogP contribution in [0.2, 0.25) is 0 Å². The third kappa shape index (κ3) is 5.15. The zero-order valence-corrected chi connectivity index (χ0v) is 20.3. The molecular weight excluding hydrogens is 455 g/mol. The lowest BCUT2D eigenvalue weighted by Crippen LogP contribution is -2.45. The van der Waals surface area contributed by atoms with Gasteiger partial charge in [-0.05, 0) is 55.2 Å². The summed E-state index contributed by atoms with van der Waals surface area (Å²) in [4.78, 5) is 33.3. The van der Waals surface area contributed by atoms with E-state index >= 15 is 0 Å². The van der Waals surface area contributed by atoms with Gasteiger partial charge in [-0.3, -0.25) is 14.2 Å². The number of amides is 1. The van der Waals surface area contributed by atoms with E-state index in [0.717, 1.165) is 29.4 Å². The van der Waals surface area contributed by atoms with Crippen LogP contribution in [0, 0.1) is 18.7 Å². The molecule has 1 saturated heterocycles. The number of fused-ring (bicyclic) bond motifs is 1. The first-order valence-corrected chi connectivity index (χ1v) is 12.3. The van der Waals surface area contributed by atoms with Crippen molar-refractivity contribution in [2.45, 2.75) is 32.9 Å². The molecule has 184 valence electrons. The predicted octanol–water partition coefficient (Wildman–Crippen LogP) is 4.43. The average Bonchev–Trinajstić information content (AvgIpc) is 2.90. The van der Waals surface area contributed by atoms with E-state index < -0.39 is 0 Å². The van der Waals surface area contributed by atoms with Crippen LogP contribution in [0.4, 0.5) is 10.2 Å². The van der Waals surface area contributed by atoms with Crippen LogP contribution in [0.3, 0.4) is 0 Å². The van der Waals surface area contributed by atoms with Crippen molar-refractivity contribution >= 4 is 22.8 Å². The first-order valence-electron chi connectivity index (χ1n) is 12.3. The Morgan fingerprint density at radius 3 is 2.67 bits per heavy atom. The lowest BCUT2D eigenvalue weighted by Gasteiger charge is -2.32. The average molecular weight is 485 g/mol. The first kappa shape index (κ1) is 23.7. The fraction of sp³-hybridized carbons (Fsp3) is 0.276. The van der Waals surface area contributed by atoms with Crippen LogP contribution in [-0.4, -0.2) is 28.5 Å². The van der Waals surface area contributed by atoms with Gasteiger partial charge in [-0.25, -0.2) is 9.37 Å². The molecule has 5 rings (SSSR count). The Labute approximate surface area is 209 Å². The molecule has 0 bridgehead atoms. The van der Waals surface area contributed by atoms with Gasteiger partial charge in [0.15, 0.2) is 5.82 Å². The Morgan fingerprint density at radius 2 is 1.86 bits per heavy atom. The van der Waals surface area contributed by atoms with Gasteiger partial charge < -0.3 is 10.2 Å². The number of benzene rings is 3. The van der Waals surface area contributed by atoms with E-state index in [0.29, 0.717) is 31.0 Å². The minimum Gasteiger partial charge on any atom is -0.352 e.